The Kier molecular flexibility index (Phi) is 3.45. The fraction of sp³-hybridized carbons (Fsp3) is 0.400. The van der Waals surface area contributed by atoms with Gasteiger partial charge in [-0.15, -0.1) is 0 Å². The molecule has 1 heterocycles. The summed E-state index contributed by atoms with van der Waals surface area (Å²) in [5, 5.41) is 2.98. The van der Waals surface area contributed by atoms with E-state index in [1.807, 2.05) is 26.8 Å². The highest BCUT2D eigenvalue weighted by Crippen LogP contribution is 2.06. The minimum atomic E-state index is 0.195. The molecule has 0 radical (unpaired) electrons. The lowest BCUT2D eigenvalue weighted by Crippen LogP contribution is -2.24. The van der Waals surface area contributed by atoms with Gasteiger partial charge in [-0.2, -0.15) is 0 Å². The molecule has 0 saturated heterocycles. The van der Waals surface area contributed by atoms with Crippen molar-refractivity contribution in [3.63, 3.8) is 0 Å². The van der Waals surface area contributed by atoms with Crippen LogP contribution in [0.5, 0.6) is 0 Å². The molecular weight excluding hydrogens is 176 g/mol. The van der Waals surface area contributed by atoms with E-state index < -0.39 is 0 Å². The maximum atomic E-state index is 5.67. The van der Waals surface area contributed by atoms with Gasteiger partial charge in [-0.3, -0.25) is 9.98 Å². The monoisotopic (exact) mass is 192 g/mol. The third-order valence-electron chi connectivity index (χ3n) is 1.54. The molecule has 0 amide bonds. The standard InChI is InChI=1S/C10H16N4/c1-7(2)13-10(11)14-9-4-8(3)5-12-6-9/h4-7H,1-3H3,(H3,11,13,14). The average Bonchev–Trinajstić information content (AvgIpc) is 2.01. The first-order valence-corrected chi connectivity index (χ1v) is 4.60. The third kappa shape index (κ3) is 3.43. The van der Waals surface area contributed by atoms with Crippen LogP contribution < -0.4 is 11.1 Å². The molecule has 3 N–H and O–H groups in total. The number of nitrogens with zero attached hydrogens (tertiary/aromatic N) is 2. The SMILES string of the molecule is Cc1cncc(NC(N)=NC(C)C)c1. The third-order valence-corrected chi connectivity index (χ3v) is 1.54. The van der Waals surface area contributed by atoms with Gasteiger partial charge in [0.25, 0.3) is 0 Å². The predicted octanol–water partition coefficient (Wildman–Crippen LogP) is 1.53. The number of nitrogens with one attached hydrogen (secondary N) is 1. The first kappa shape index (κ1) is 10.5. The maximum Gasteiger partial charge on any atom is 0.193 e. The van der Waals surface area contributed by atoms with Gasteiger partial charge in [-0.25, -0.2) is 0 Å². The Morgan fingerprint density at radius 3 is 2.79 bits per heavy atom. The smallest absolute Gasteiger partial charge is 0.193 e. The molecule has 0 aliphatic carbocycles. The fourth-order valence-corrected chi connectivity index (χ4v) is 1.08. The van der Waals surface area contributed by atoms with E-state index in [2.05, 4.69) is 15.3 Å². The Hall–Kier alpha value is -1.58. The van der Waals surface area contributed by atoms with E-state index in [1.54, 1.807) is 12.4 Å². The second-order valence-electron chi connectivity index (χ2n) is 3.48. The van der Waals surface area contributed by atoms with Crippen molar-refractivity contribution < 1.29 is 0 Å². The van der Waals surface area contributed by atoms with Gasteiger partial charge in [0.1, 0.15) is 0 Å². The zero-order valence-electron chi connectivity index (χ0n) is 8.78. The van der Waals surface area contributed by atoms with Crippen molar-refractivity contribution in [2.24, 2.45) is 10.7 Å². The molecule has 1 aromatic rings. The van der Waals surface area contributed by atoms with E-state index in [0.717, 1.165) is 11.3 Å². The van der Waals surface area contributed by atoms with Crippen molar-refractivity contribution in [3.8, 4) is 0 Å². The highest BCUT2D eigenvalue weighted by atomic mass is 15.1. The average molecular weight is 192 g/mol. The molecule has 0 saturated carbocycles. The summed E-state index contributed by atoms with van der Waals surface area (Å²) in [6.45, 7) is 5.93. The van der Waals surface area contributed by atoms with E-state index in [1.165, 1.54) is 0 Å². The first-order valence-electron chi connectivity index (χ1n) is 4.60. The zero-order valence-corrected chi connectivity index (χ0v) is 8.78. The van der Waals surface area contributed by atoms with Gasteiger partial charge >= 0.3 is 0 Å². The summed E-state index contributed by atoms with van der Waals surface area (Å²) in [6.07, 6.45) is 3.51. The molecule has 0 atom stereocenters. The molecule has 0 aliphatic heterocycles. The Morgan fingerprint density at radius 1 is 1.50 bits per heavy atom. The van der Waals surface area contributed by atoms with Crippen LogP contribution in [0, 0.1) is 6.92 Å². The molecule has 0 spiro atoms. The largest absolute Gasteiger partial charge is 0.370 e. The van der Waals surface area contributed by atoms with E-state index in [9.17, 15) is 0 Å². The van der Waals surface area contributed by atoms with Crippen molar-refractivity contribution in [1.82, 2.24) is 4.98 Å². The molecule has 0 bridgehead atoms. The van der Waals surface area contributed by atoms with Crippen molar-refractivity contribution in [1.29, 1.82) is 0 Å². The van der Waals surface area contributed by atoms with E-state index in [4.69, 9.17) is 5.73 Å². The number of aryl methyl sites for hydroxylation is 1. The van der Waals surface area contributed by atoms with Gasteiger partial charge in [0.15, 0.2) is 5.96 Å². The molecule has 4 heteroatoms. The highest BCUT2D eigenvalue weighted by molar-refractivity contribution is 5.92. The Morgan fingerprint density at radius 2 is 2.21 bits per heavy atom. The van der Waals surface area contributed by atoms with E-state index in [-0.39, 0.29) is 6.04 Å². The molecule has 1 aromatic heterocycles. The summed E-state index contributed by atoms with van der Waals surface area (Å²) in [7, 11) is 0. The highest BCUT2D eigenvalue weighted by Gasteiger charge is 1.96. The number of aliphatic imine (C=N–C) groups is 1. The number of nitrogens with two attached hydrogens (primary N) is 1. The number of pyridine rings is 1. The molecule has 0 aromatic carbocycles. The van der Waals surface area contributed by atoms with Crippen molar-refractivity contribution in [3.05, 3.63) is 24.0 Å². The number of hydrogen-bond donors (Lipinski definition) is 2. The summed E-state index contributed by atoms with van der Waals surface area (Å²) < 4.78 is 0. The summed E-state index contributed by atoms with van der Waals surface area (Å²) in [6, 6.07) is 2.16. The Bertz CT molecular complexity index is 331. The van der Waals surface area contributed by atoms with Gasteiger partial charge < -0.3 is 11.1 Å². The Labute approximate surface area is 84.3 Å². The first-order chi connectivity index (χ1) is 6.58. The molecule has 0 aliphatic rings. The normalized spacial score (nSPS) is 11.9. The van der Waals surface area contributed by atoms with Gasteiger partial charge in [0.2, 0.25) is 0 Å². The van der Waals surface area contributed by atoms with Crippen LogP contribution in [0.2, 0.25) is 0 Å². The zero-order chi connectivity index (χ0) is 10.6. The van der Waals surface area contributed by atoms with Crippen LogP contribution in [0.25, 0.3) is 0 Å². The second kappa shape index (κ2) is 4.60. The molecule has 76 valence electrons. The Balaban J connectivity index is 2.69. The van der Waals surface area contributed by atoms with Crippen LogP contribution in [-0.2, 0) is 0 Å². The van der Waals surface area contributed by atoms with Gasteiger partial charge in [0, 0.05) is 12.2 Å². The summed E-state index contributed by atoms with van der Waals surface area (Å²) in [5.74, 6) is 0.424. The van der Waals surface area contributed by atoms with Crippen LogP contribution in [0.4, 0.5) is 5.69 Å². The maximum absolute atomic E-state index is 5.67. The quantitative estimate of drug-likeness (QED) is 0.551. The number of guanidine groups is 1. The number of rotatable bonds is 2. The van der Waals surface area contributed by atoms with E-state index in [0.29, 0.717) is 5.96 Å². The van der Waals surface area contributed by atoms with Crippen LogP contribution in [0.3, 0.4) is 0 Å². The number of anilines is 1. The number of hydrogen-bond acceptors (Lipinski definition) is 2. The lowest BCUT2D eigenvalue weighted by Gasteiger charge is -2.06. The number of aromatic nitrogens is 1. The van der Waals surface area contributed by atoms with Crippen molar-refractivity contribution in [2.45, 2.75) is 26.8 Å². The summed E-state index contributed by atoms with van der Waals surface area (Å²) in [5.41, 5.74) is 7.63. The predicted molar refractivity (Wildman–Crippen MR) is 59.4 cm³/mol. The van der Waals surface area contributed by atoms with Crippen molar-refractivity contribution in [2.75, 3.05) is 5.32 Å². The van der Waals surface area contributed by atoms with Crippen LogP contribution in [0.15, 0.2) is 23.5 Å². The minimum absolute atomic E-state index is 0.195. The fourth-order valence-electron chi connectivity index (χ4n) is 1.08. The van der Waals surface area contributed by atoms with Crippen LogP contribution >= 0.6 is 0 Å². The van der Waals surface area contributed by atoms with Gasteiger partial charge in [-0.1, -0.05) is 0 Å². The topological polar surface area (TPSA) is 63.3 Å². The summed E-state index contributed by atoms with van der Waals surface area (Å²) >= 11 is 0. The lowest BCUT2D eigenvalue weighted by atomic mass is 10.3. The summed E-state index contributed by atoms with van der Waals surface area (Å²) in [4.78, 5) is 8.20. The van der Waals surface area contributed by atoms with Gasteiger partial charge in [0.05, 0.1) is 11.9 Å². The van der Waals surface area contributed by atoms with Crippen LogP contribution in [-0.4, -0.2) is 17.0 Å². The molecule has 4 nitrogen and oxygen atoms in total. The van der Waals surface area contributed by atoms with E-state index >= 15 is 0 Å². The second-order valence-corrected chi connectivity index (χ2v) is 3.48. The molecule has 14 heavy (non-hydrogen) atoms. The molecule has 0 fully saturated rings. The van der Waals surface area contributed by atoms with Gasteiger partial charge in [-0.05, 0) is 32.4 Å². The molecular formula is C10H16N4. The lowest BCUT2D eigenvalue weighted by molar-refractivity contribution is 0.833. The minimum Gasteiger partial charge on any atom is -0.370 e. The van der Waals surface area contributed by atoms with Crippen LogP contribution in [0.1, 0.15) is 19.4 Å². The van der Waals surface area contributed by atoms with Crippen molar-refractivity contribution >= 4 is 11.6 Å². The molecule has 1 rings (SSSR count). The molecule has 0 unspecified atom stereocenters.